The minimum absolute atomic E-state index is 0. The molecule has 0 bridgehead atoms. The predicted molar refractivity (Wildman–Crippen MR) is 209 cm³/mol. The zero-order valence-electron chi connectivity index (χ0n) is 29.4. The fourth-order valence-corrected chi connectivity index (χ4v) is 5.76. The predicted octanol–water partition coefficient (Wildman–Crippen LogP) is 12.3. The van der Waals surface area contributed by atoms with Gasteiger partial charge in [-0.15, -0.1) is 24.3 Å². The van der Waals surface area contributed by atoms with Crippen molar-refractivity contribution in [2.24, 2.45) is 0 Å². The zero-order valence-corrected chi connectivity index (χ0v) is 33.0. The van der Waals surface area contributed by atoms with Gasteiger partial charge in [0.25, 0.3) is 5.91 Å². The molecule has 0 aliphatic rings. The van der Waals surface area contributed by atoms with Gasteiger partial charge in [0.1, 0.15) is 0 Å². The number of aromatic nitrogens is 1. The van der Waals surface area contributed by atoms with E-state index in [9.17, 15) is 4.79 Å². The molecule has 3 nitrogen and oxygen atoms in total. The SMILES string of the molecule is CC(C)c1cccc(C(C)C)c1NC(=O)c1cccc2ccc(-c3cccc4ccccc34)nc12.[CH2-]c1ccccc1.[CH2-]c1ccccc1.[Hf]. The number of nitrogens with one attached hydrogen (secondary N) is 1. The van der Waals surface area contributed by atoms with Gasteiger partial charge in [0, 0.05) is 42.5 Å². The van der Waals surface area contributed by atoms with E-state index in [4.69, 9.17) is 4.98 Å². The summed E-state index contributed by atoms with van der Waals surface area (Å²) in [7, 11) is 0. The molecule has 0 unspecified atom stereocenters. The second-order valence-electron chi connectivity index (χ2n) is 12.6. The summed E-state index contributed by atoms with van der Waals surface area (Å²) in [4.78, 5) is 18.7. The smallest absolute Gasteiger partial charge is 0.257 e. The number of pyridine rings is 1. The first kappa shape index (κ1) is 37.9. The Morgan fingerprint density at radius 2 is 1.06 bits per heavy atom. The second-order valence-corrected chi connectivity index (χ2v) is 12.6. The summed E-state index contributed by atoms with van der Waals surface area (Å²) in [5.74, 6) is 0.466. The summed E-state index contributed by atoms with van der Waals surface area (Å²) in [5.41, 5.74) is 8.58. The molecule has 1 heterocycles. The number of amides is 1. The van der Waals surface area contributed by atoms with E-state index >= 15 is 0 Å². The van der Waals surface area contributed by atoms with Crippen LogP contribution < -0.4 is 5.32 Å². The van der Waals surface area contributed by atoms with E-state index < -0.39 is 0 Å². The Morgan fingerprint density at radius 1 is 0.560 bits per heavy atom. The molecule has 1 aromatic heterocycles. The van der Waals surface area contributed by atoms with E-state index in [2.05, 4.69) is 101 Å². The van der Waals surface area contributed by atoms with Gasteiger partial charge in [0.2, 0.25) is 0 Å². The maximum absolute atomic E-state index is 13.7. The van der Waals surface area contributed by atoms with Crippen LogP contribution in [0.5, 0.6) is 0 Å². The van der Waals surface area contributed by atoms with Crippen LogP contribution in [0.1, 0.15) is 72.1 Å². The fraction of sp³-hybridized carbons (Fsp3) is 0.130. The Labute approximate surface area is 316 Å². The number of carbonyl (C=O) groups excluding carboxylic acids is 1. The Bertz CT molecular complexity index is 2070. The first-order valence-electron chi connectivity index (χ1n) is 16.8. The molecular weight excluding hydrogens is 775 g/mol. The zero-order chi connectivity index (χ0) is 34.8. The molecule has 50 heavy (non-hydrogen) atoms. The maximum Gasteiger partial charge on any atom is 0.257 e. The van der Waals surface area contributed by atoms with Crippen LogP contribution in [-0.2, 0) is 25.8 Å². The number of hydrogen-bond donors (Lipinski definition) is 1. The molecule has 4 heteroatoms. The first-order valence-corrected chi connectivity index (χ1v) is 16.8. The van der Waals surface area contributed by atoms with Crippen molar-refractivity contribution in [2.75, 3.05) is 5.32 Å². The van der Waals surface area contributed by atoms with Crippen molar-refractivity contribution in [2.45, 2.75) is 39.5 Å². The van der Waals surface area contributed by atoms with Gasteiger partial charge in [0.05, 0.1) is 16.8 Å². The van der Waals surface area contributed by atoms with E-state index in [1.807, 2.05) is 97.1 Å². The van der Waals surface area contributed by atoms with Crippen LogP contribution >= 0.6 is 0 Å². The third kappa shape index (κ3) is 9.61. The van der Waals surface area contributed by atoms with Crippen LogP contribution in [0.4, 0.5) is 5.69 Å². The summed E-state index contributed by atoms with van der Waals surface area (Å²) in [6.07, 6.45) is 0. The molecule has 0 aliphatic heterocycles. The third-order valence-corrected chi connectivity index (χ3v) is 8.33. The molecule has 0 saturated carbocycles. The number of rotatable bonds is 5. The van der Waals surface area contributed by atoms with Crippen molar-refractivity contribution in [1.29, 1.82) is 0 Å². The van der Waals surface area contributed by atoms with Crippen molar-refractivity contribution >= 4 is 33.3 Å². The molecule has 1 N–H and O–H groups in total. The fourth-order valence-electron chi connectivity index (χ4n) is 5.76. The summed E-state index contributed by atoms with van der Waals surface area (Å²) < 4.78 is 0. The molecular formula is C46H44HfN2O-2. The largest absolute Gasteiger partial charge is 0.321 e. The van der Waals surface area contributed by atoms with Crippen LogP contribution in [0, 0.1) is 13.8 Å². The average molecular weight is 819 g/mol. The van der Waals surface area contributed by atoms with E-state index in [0.29, 0.717) is 22.9 Å². The monoisotopic (exact) mass is 820 g/mol. The number of anilines is 1. The molecule has 0 saturated heterocycles. The van der Waals surface area contributed by atoms with Gasteiger partial charge in [-0.2, -0.15) is 49.2 Å². The molecule has 0 spiro atoms. The molecule has 0 radical (unpaired) electrons. The van der Waals surface area contributed by atoms with Crippen LogP contribution in [0.15, 0.2) is 152 Å². The maximum atomic E-state index is 13.7. The summed E-state index contributed by atoms with van der Waals surface area (Å²) in [5, 5.41) is 6.53. The second kappa shape index (κ2) is 18.2. The molecule has 7 rings (SSSR count). The van der Waals surface area contributed by atoms with E-state index in [0.717, 1.165) is 50.0 Å². The van der Waals surface area contributed by atoms with Gasteiger partial charge in [0.15, 0.2) is 0 Å². The molecule has 7 aromatic rings. The Morgan fingerprint density at radius 3 is 1.62 bits per heavy atom. The number of carbonyl (C=O) groups is 1. The number of nitrogens with zero attached hydrogens (tertiary/aromatic N) is 1. The average Bonchev–Trinajstić information content (AvgIpc) is 3.12. The molecule has 0 atom stereocenters. The van der Waals surface area contributed by atoms with Gasteiger partial charge in [-0.05, 0) is 45.9 Å². The minimum atomic E-state index is -0.131. The summed E-state index contributed by atoms with van der Waals surface area (Å²) >= 11 is 0. The molecule has 0 fully saturated rings. The summed E-state index contributed by atoms with van der Waals surface area (Å²) in [6, 6.07) is 50.5. The minimum Gasteiger partial charge on any atom is -0.321 e. The first-order chi connectivity index (χ1) is 23.7. The van der Waals surface area contributed by atoms with Crippen molar-refractivity contribution in [3.63, 3.8) is 0 Å². The van der Waals surface area contributed by atoms with E-state index in [-0.39, 0.29) is 31.8 Å². The topological polar surface area (TPSA) is 42.0 Å². The Hall–Kier alpha value is -4.93. The number of para-hydroxylation sites is 2. The van der Waals surface area contributed by atoms with Crippen LogP contribution in [0.3, 0.4) is 0 Å². The number of hydrogen-bond acceptors (Lipinski definition) is 2. The number of benzene rings is 6. The van der Waals surface area contributed by atoms with Crippen molar-refractivity contribution in [3.05, 3.63) is 193 Å². The Balaban J connectivity index is 0.000000310. The van der Waals surface area contributed by atoms with Crippen LogP contribution in [0.25, 0.3) is 32.9 Å². The van der Waals surface area contributed by atoms with Gasteiger partial charge in [-0.25, -0.2) is 4.98 Å². The van der Waals surface area contributed by atoms with Crippen molar-refractivity contribution < 1.29 is 30.6 Å². The Kier molecular flexibility index (Phi) is 13.8. The van der Waals surface area contributed by atoms with E-state index in [1.54, 1.807) is 0 Å². The molecule has 0 aliphatic carbocycles. The standard InChI is InChI=1S/C32H30N2O.2C7H7.Hf/c1-20(2)24-14-9-15-25(21(3)4)31(24)34-32(35)28-17-8-12-23-18-19-29(33-30(23)28)27-16-7-11-22-10-5-6-13-26(22)27;2*1-7-5-3-2-4-6-7;/h5-21H,1-4H3,(H,34,35);2*2-6H,1H2;/q;2*-1;. The van der Waals surface area contributed by atoms with Gasteiger partial charge < -0.3 is 5.32 Å². The van der Waals surface area contributed by atoms with Crippen molar-refractivity contribution in [3.8, 4) is 11.3 Å². The number of fused-ring (bicyclic) bond motifs is 2. The van der Waals surface area contributed by atoms with Crippen LogP contribution in [0.2, 0.25) is 0 Å². The van der Waals surface area contributed by atoms with Crippen molar-refractivity contribution in [1.82, 2.24) is 4.98 Å². The summed E-state index contributed by atoms with van der Waals surface area (Å²) in [6.45, 7) is 16.1. The molecule has 6 aromatic carbocycles. The van der Waals surface area contributed by atoms with Gasteiger partial charge in [-0.1, -0.05) is 119 Å². The normalized spacial score (nSPS) is 10.4. The van der Waals surface area contributed by atoms with E-state index in [1.165, 1.54) is 5.39 Å². The van der Waals surface area contributed by atoms with Gasteiger partial charge in [-0.3, -0.25) is 4.79 Å². The third-order valence-electron chi connectivity index (χ3n) is 8.33. The molecule has 1 amide bonds. The van der Waals surface area contributed by atoms with Crippen LogP contribution in [-0.4, -0.2) is 10.9 Å². The van der Waals surface area contributed by atoms with Gasteiger partial charge >= 0.3 is 0 Å². The molecule has 250 valence electrons. The quantitative estimate of drug-likeness (QED) is 0.139.